The molecule has 1 atom stereocenters. The number of aromatic nitrogens is 2. The lowest BCUT2D eigenvalue weighted by atomic mass is 10.1. The van der Waals surface area contributed by atoms with Crippen molar-refractivity contribution >= 4 is 22.6 Å². The van der Waals surface area contributed by atoms with Gasteiger partial charge in [-0.05, 0) is 67.8 Å². The zero-order valence-corrected chi connectivity index (χ0v) is 23.4. The predicted molar refractivity (Wildman–Crippen MR) is 154 cm³/mol. The van der Waals surface area contributed by atoms with Gasteiger partial charge in [-0.15, -0.1) is 0 Å². The van der Waals surface area contributed by atoms with Gasteiger partial charge in [-0.1, -0.05) is 45.0 Å². The minimum atomic E-state index is -4.65. The van der Waals surface area contributed by atoms with Crippen molar-refractivity contribution < 1.29 is 22.7 Å². The second kappa shape index (κ2) is 12.4. The van der Waals surface area contributed by atoms with Crippen LogP contribution in [0.3, 0.4) is 0 Å². The minimum absolute atomic E-state index is 0.0289. The summed E-state index contributed by atoms with van der Waals surface area (Å²) in [6, 6.07) is 17.3. The quantitative estimate of drug-likeness (QED) is 0.228. The molecule has 0 bridgehead atoms. The molecule has 1 unspecified atom stereocenters. The van der Waals surface area contributed by atoms with Crippen molar-refractivity contribution in [2.24, 2.45) is 5.92 Å². The molecule has 2 amide bonds. The summed E-state index contributed by atoms with van der Waals surface area (Å²) in [4.78, 5) is 33.9. The molecule has 0 saturated carbocycles. The summed E-state index contributed by atoms with van der Waals surface area (Å²) < 4.78 is 48.1. The number of ether oxygens (including phenoxy) is 1. The number of alkyl halides is 3. The summed E-state index contributed by atoms with van der Waals surface area (Å²) in [6.07, 6.45) is -4.30. The van der Waals surface area contributed by atoms with E-state index in [2.05, 4.69) is 5.32 Å². The smallest absolute Gasteiger partial charge is 0.418 e. The van der Waals surface area contributed by atoms with Crippen molar-refractivity contribution in [1.29, 1.82) is 0 Å². The number of nitrogens with zero attached hydrogens (tertiary/aromatic N) is 3. The van der Waals surface area contributed by atoms with Gasteiger partial charge in [-0.2, -0.15) is 13.2 Å². The summed E-state index contributed by atoms with van der Waals surface area (Å²) in [7, 11) is 0. The van der Waals surface area contributed by atoms with Crippen LogP contribution in [0, 0.1) is 5.92 Å². The van der Waals surface area contributed by atoms with Crippen LogP contribution in [0.25, 0.3) is 16.6 Å². The first kappa shape index (κ1) is 29.6. The number of hydrogen-bond donors (Lipinski definition) is 1. The van der Waals surface area contributed by atoms with Gasteiger partial charge < -0.3 is 15.0 Å². The van der Waals surface area contributed by atoms with Crippen molar-refractivity contribution in [3.63, 3.8) is 0 Å². The summed E-state index contributed by atoms with van der Waals surface area (Å²) in [5.74, 6) is 0.912. The van der Waals surface area contributed by atoms with Gasteiger partial charge in [-0.3, -0.25) is 9.36 Å². The molecule has 1 N–H and O–H groups in total. The number of rotatable bonds is 9. The molecule has 41 heavy (non-hydrogen) atoms. The largest absolute Gasteiger partial charge is 0.494 e. The zero-order valence-electron chi connectivity index (χ0n) is 23.4. The van der Waals surface area contributed by atoms with Crippen molar-refractivity contribution in [2.75, 3.05) is 18.5 Å². The van der Waals surface area contributed by atoms with Crippen LogP contribution in [0.15, 0.2) is 77.6 Å². The molecule has 4 rings (SSSR count). The molecule has 1 aromatic heterocycles. The summed E-state index contributed by atoms with van der Waals surface area (Å²) >= 11 is 0. The van der Waals surface area contributed by atoms with Gasteiger partial charge in [0.25, 0.3) is 5.56 Å². The fourth-order valence-electron chi connectivity index (χ4n) is 4.79. The number of hydrogen-bond acceptors (Lipinski definition) is 4. The van der Waals surface area contributed by atoms with E-state index in [1.54, 1.807) is 48.5 Å². The Balaban J connectivity index is 1.87. The number of anilines is 1. The SMILES string of the molecule is CCOc1ccc(-n2c(C(CC)N(CC(C)C)C(=O)Nc3ccccc3C(F)(F)F)nc3ccccc3c2=O)cc1. The average molecular weight is 567 g/mol. The first-order valence-electron chi connectivity index (χ1n) is 13.5. The number of para-hydroxylation sites is 2. The Morgan fingerprint density at radius 2 is 1.66 bits per heavy atom. The van der Waals surface area contributed by atoms with Crippen LogP contribution < -0.4 is 15.6 Å². The summed E-state index contributed by atoms with van der Waals surface area (Å²) in [5.41, 5.74) is -0.622. The molecule has 0 aliphatic carbocycles. The lowest BCUT2D eigenvalue weighted by Gasteiger charge is -2.34. The molecule has 1 heterocycles. The van der Waals surface area contributed by atoms with Gasteiger partial charge in [0.2, 0.25) is 0 Å². The fourth-order valence-corrected chi connectivity index (χ4v) is 4.79. The van der Waals surface area contributed by atoms with Crippen molar-refractivity contribution in [2.45, 2.75) is 46.3 Å². The highest BCUT2D eigenvalue weighted by molar-refractivity contribution is 5.90. The Bertz CT molecular complexity index is 1570. The van der Waals surface area contributed by atoms with Crippen LogP contribution in [-0.2, 0) is 6.18 Å². The van der Waals surface area contributed by atoms with Crippen LogP contribution in [-0.4, -0.2) is 33.6 Å². The normalized spacial score (nSPS) is 12.4. The number of fused-ring (bicyclic) bond motifs is 1. The first-order valence-corrected chi connectivity index (χ1v) is 13.5. The van der Waals surface area contributed by atoms with Gasteiger partial charge in [0.15, 0.2) is 0 Å². The van der Waals surface area contributed by atoms with E-state index in [4.69, 9.17) is 9.72 Å². The van der Waals surface area contributed by atoms with E-state index in [9.17, 15) is 22.8 Å². The van der Waals surface area contributed by atoms with E-state index >= 15 is 0 Å². The maximum absolute atomic E-state index is 13.9. The number of urea groups is 1. The third-order valence-electron chi connectivity index (χ3n) is 6.57. The number of carbonyl (C=O) groups is 1. The predicted octanol–water partition coefficient (Wildman–Crippen LogP) is 7.44. The highest BCUT2D eigenvalue weighted by atomic mass is 19.4. The molecule has 4 aromatic rings. The Morgan fingerprint density at radius 3 is 2.29 bits per heavy atom. The van der Waals surface area contributed by atoms with Crippen molar-refractivity contribution in [3.8, 4) is 11.4 Å². The van der Waals surface area contributed by atoms with Gasteiger partial charge in [0.1, 0.15) is 11.6 Å². The number of halogens is 3. The van der Waals surface area contributed by atoms with E-state index in [-0.39, 0.29) is 23.7 Å². The third kappa shape index (κ3) is 6.53. The Hall–Kier alpha value is -4.34. The lowest BCUT2D eigenvalue weighted by molar-refractivity contribution is -0.136. The van der Waals surface area contributed by atoms with Crippen molar-refractivity contribution in [1.82, 2.24) is 14.5 Å². The van der Waals surface area contributed by atoms with Crippen LogP contribution in [0.2, 0.25) is 0 Å². The standard InChI is InChI=1S/C31H33F3N4O3/c1-5-27(37(19-20(3)4)30(40)36-26-14-10-8-12-24(26)31(32,33)34)28-35-25-13-9-7-11-23(25)29(39)38(28)21-15-17-22(18-16-21)41-6-2/h7-18,20,27H,5-6,19H2,1-4H3,(H,36,40). The van der Waals surface area contributed by atoms with Crippen LogP contribution in [0.1, 0.15) is 51.5 Å². The molecule has 7 nitrogen and oxygen atoms in total. The molecule has 0 fully saturated rings. The number of benzene rings is 3. The lowest BCUT2D eigenvalue weighted by Crippen LogP contribution is -2.43. The Labute approximate surface area is 236 Å². The summed E-state index contributed by atoms with van der Waals surface area (Å²) in [6.45, 7) is 8.23. The molecule has 0 aliphatic heterocycles. The van der Waals surface area contributed by atoms with Gasteiger partial charge in [0, 0.05) is 6.54 Å². The molecule has 0 radical (unpaired) electrons. The molecule has 10 heteroatoms. The number of nitrogens with one attached hydrogen (secondary N) is 1. The van der Waals surface area contributed by atoms with Gasteiger partial charge in [0.05, 0.1) is 40.5 Å². The Kier molecular flexibility index (Phi) is 9.00. The molecule has 0 saturated heterocycles. The first-order chi connectivity index (χ1) is 19.5. The van der Waals surface area contributed by atoms with E-state index in [1.165, 1.54) is 27.7 Å². The average Bonchev–Trinajstić information content (AvgIpc) is 2.93. The Morgan fingerprint density at radius 1 is 1.00 bits per heavy atom. The molecule has 3 aromatic carbocycles. The van der Waals surface area contributed by atoms with Crippen LogP contribution in [0.4, 0.5) is 23.7 Å². The molecular formula is C31H33F3N4O3. The van der Waals surface area contributed by atoms with Gasteiger partial charge in [-0.25, -0.2) is 9.78 Å². The van der Waals surface area contributed by atoms with E-state index in [1.807, 2.05) is 27.7 Å². The maximum atomic E-state index is 13.9. The molecular weight excluding hydrogens is 533 g/mol. The molecule has 0 spiro atoms. The van der Waals surface area contributed by atoms with E-state index in [0.717, 1.165) is 6.07 Å². The molecule has 0 aliphatic rings. The van der Waals surface area contributed by atoms with Crippen LogP contribution in [0.5, 0.6) is 5.75 Å². The van der Waals surface area contributed by atoms with E-state index in [0.29, 0.717) is 41.2 Å². The second-order valence-corrected chi connectivity index (χ2v) is 10.00. The maximum Gasteiger partial charge on any atom is 0.418 e. The van der Waals surface area contributed by atoms with E-state index < -0.39 is 23.8 Å². The highest BCUT2D eigenvalue weighted by Crippen LogP contribution is 2.35. The minimum Gasteiger partial charge on any atom is -0.494 e. The fraction of sp³-hybridized carbons (Fsp3) is 0.323. The topological polar surface area (TPSA) is 76.5 Å². The summed E-state index contributed by atoms with van der Waals surface area (Å²) in [5, 5.41) is 2.88. The highest BCUT2D eigenvalue weighted by Gasteiger charge is 2.35. The third-order valence-corrected chi connectivity index (χ3v) is 6.57. The van der Waals surface area contributed by atoms with Crippen LogP contribution >= 0.6 is 0 Å². The van der Waals surface area contributed by atoms with Crippen molar-refractivity contribution in [3.05, 3.63) is 94.5 Å². The number of carbonyl (C=O) groups excluding carboxylic acids is 1. The van der Waals surface area contributed by atoms with Gasteiger partial charge >= 0.3 is 12.2 Å². The second-order valence-electron chi connectivity index (χ2n) is 10.00. The monoisotopic (exact) mass is 566 g/mol. The zero-order chi connectivity index (χ0) is 29.7. The molecule has 216 valence electrons. The number of amides is 2.